The van der Waals surface area contributed by atoms with E-state index in [1.807, 2.05) is 50.2 Å². The number of ether oxygens (including phenoxy) is 1. The van der Waals surface area contributed by atoms with Crippen molar-refractivity contribution in [3.8, 4) is 5.75 Å². The lowest BCUT2D eigenvalue weighted by atomic mass is 9.87. The summed E-state index contributed by atoms with van der Waals surface area (Å²) in [5.74, 6) is 0.660. The molecule has 0 aliphatic carbocycles. The van der Waals surface area contributed by atoms with Crippen LogP contribution in [-0.2, 0) is 12.0 Å². The average Bonchev–Trinajstić information content (AvgIpc) is 3.00. The molecule has 146 valence electrons. The number of amides is 1. The Morgan fingerprint density at radius 1 is 1.11 bits per heavy atom. The zero-order valence-corrected chi connectivity index (χ0v) is 17.8. The highest BCUT2D eigenvalue weighted by molar-refractivity contribution is 7.13. The Kier molecular flexibility index (Phi) is 5.84. The van der Waals surface area contributed by atoms with Crippen LogP contribution in [0.25, 0.3) is 0 Å². The molecule has 28 heavy (non-hydrogen) atoms. The van der Waals surface area contributed by atoms with Crippen molar-refractivity contribution in [1.82, 2.24) is 4.98 Å². The van der Waals surface area contributed by atoms with Gasteiger partial charge in [0.2, 0.25) is 0 Å². The lowest BCUT2D eigenvalue weighted by molar-refractivity contribution is 0.103. The summed E-state index contributed by atoms with van der Waals surface area (Å²) in [6.45, 7) is 10.7. The van der Waals surface area contributed by atoms with Crippen molar-refractivity contribution in [2.75, 3.05) is 5.32 Å². The number of aromatic nitrogens is 1. The van der Waals surface area contributed by atoms with Crippen molar-refractivity contribution >= 4 is 22.9 Å². The van der Waals surface area contributed by atoms with Crippen LogP contribution in [0.1, 0.15) is 52.3 Å². The number of carbonyl (C=O) groups excluding carboxylic acids is 1. The molecule has 0 aliphatic heterocycles. The van der Waals surface area contributed by atoms with Crippen molar-refractivity contribution in [1.29, 1.82) is 0 Å². The number of benzene rings is 2. The van der Waals surface area contributed by atoms with E-state index in [-0.39, 0.29) is 11.3 Å². The van der Waals surface area contributed by atoms with Crippen molar-refractivity contribution in [3.05, 3.63) is 75.2 Å². The summed E-state index contributed by atoms with van der Waals surface area (Å²) in [6.07, 6.45) is 0. The molecule has 0 spiro atoms. The van der Waals surface area contributed by atoms with E-state index in [1.54, 1.807) is 0 Å². The Labute approximate surface area is 170 Å². The molecule has 0 atom stereocenters. The Morgan fingerprint density at radius 3 is 2.46 bits per heavy atom. The molecule has 0 unspecified atom stereocenters. The molecule has 1 amide bonds. The first-order valence-electron chi connectivity index (χ1n) is 9.30. The molecule has 4 nitrogen and oxygen atoms in total. The zero-order valence-electron chi connectivity index (χ0n) is 17.0. The van der Waals surface area contributed by atoms with E-state index in [0.717, 1.165) is 27.7 Å². The molecular weight excluding hydrogens is 368 g/mol. The smallest absolute Gasteiger partial charge is 0.267 e. The van der Waals surface area contributed by atoms with Gasteiger partial charge in [0.25, 0.3) is 5.91 Å². The van der Waals surface area contributed by atoms with Gasteiger partial charge in [-0.3, -0.25) is 4.79 Å². The largest absolute Gasteiger partial charge is 0.486 e. The molecule has 1 heterocycles. The number of rotatable bonds is 5. The van der Waals surface area contributed by atoms with Crippen LogP contribution in [-0.4, -0.2) is 10.9 Å². The van der Waals surface area contributed by atoms with Gasteiger partial charge in [-0.2, -0.15) is 0 Å². The van der Waals surface area contributed by atoms with Gasteiger partial charge in [0.05, 0.1) is 5.69 Å². The van der Waals surface area contributed by atoms with Crippen molar-refractivity contribution in [2.24, 2.45) is 0 Å². The fourth-order valence-electron chi connectivity index (χ4n) is 2.83. The van der Waals surface area contributed by atoms with Gasteiger partial charge in [0.1, 0.15) is 22.2 Å². The summed E-state index contributed by atoms with van der Waals surface area (Å²) >= 11 is 1.37. The highest BCUT2D eigenvalue weighted by atomic mass is 32.1. The first kappa shape index (κ1) is 20.1. The first-order chi connectivity index (χ1) is 13.2. The lowest BCUT2D eigenvalue weighted by Gasteiger charge is -2.19. The zero-order chi connectivity index (χ0) is 20.3. The van der Waals surface area contributed by atoms with Crippen LogP contribution in [0.5, 0.6) is 5.75 Å². The molecular formula is C23H26N2O2S. The Balaban J connectivity index is 1.64. The number of hydrogen-bond acceptors (Lipinski definition) is 4. The van der Waals surface area contributed by atoms with Gasteiger partial charge in [-0.05, 0) is 54.7 Å². The summed E-state index contributed by atoms with van der Waals surface area (Å²) < 4.78 is 5.86. The second-order valence-corrected chi connectivity index (χ2v) is 8.99. The van der Waals surface area contributed by atoms with Crippen LogP contribution in [0.2, 0.25) is 0 Å². The van der Waals surface area contributed by atoms with E-state index in [1.165, 1.54) is 16.9 Å². The SMILES string of the molecule is Cc1cccc(NC(=O)c2sc(COc3ccc(C(C)(C)C)cc3)nc2C)c1. The molecule has 0 radical (unpaired) electrons. The lowest BCUT2D eigenvalue weighted by Crippen LogP contribution is -2.11. The quantitative estimate of drug-likeness (QED) is 0.587. The Morgan fingerprint density at radius 2 is 1.82 bits per heavy atom. The van der Waals surface area contributed by atoms with Crippen molar-refractivity contribution in [2.45, 2.75) is 46.6 Å². The number of carbonyl (C=O) groups is 1. The number of nitrogens with one attached hydrogen (secondary N) is 1. The minimum atomic E-state index is -0.138. The first-order valence-corrected chi connectivity index (χ1v) is 10.1. The second-order valence-electron chi connectivity index (χ2n) is 7.91. The van der Waals surface area contributed by atoms with Crippen LogP contribution in [0, 0.1) is 13.8 Å². The van der Waals surface area contributed by atoms with Gasteiger partial charge in [-0.15, -0.1) is 11.3 Å². The monoisotopic (exact) mass is 394 g/mol. The van der Waals surface area contributed by atoms with Gasteiger partial charge in [-0.1, -0.05) is 45.0 Å². The molecule has 0 bridgehead atoms. The number of hydrogen-bond donors (Lipinski definition) is 1. The number of thiazole rings is 1. The average molecular weight is 395 g/mol. The maximum absolute atomic E-state index is 12.6. The summed E-state index contributed by atoms with van der Waals surface area (Å²) in [4.78, 5) is 17.7. The van der Waals surface area contributed by atoms with E-state index < -0.39 is 0 Å². The van der Waals surface area contributed by atoms with Crippen molar-refractivity contribution in [3.63, 3.8) is 0 Å². The molecule has 0 fully saturated rings. The van der Waals surface area contributed by atoms with Gasteiger partial charge < -0.3 is 10.1 Å². The topological polar surface area (TPSA) is 51.2 Å². The van der Waals surface area contributed by atoms with E-state index >= 15 is 0 Å². The second kappa shape index (κ2) is 8.15. The third kappa shape index (κ3) is 4.98. The Bertz CT molecular complexity index is 969. The van der Waals surface area contributed by atoms with E-state index in [4.69, 9.17) is 4.74 Å². The van der Waals surface area contributed by atoms with Crippen LogP contribution < -0.4 is 10.1 Å². The molecule has 3 aromatic rings. The highest BCUT2D eigenvalue weighted by Gasteiger charge is 2.16. The summed E-state index contributed by atoms with van der Waals surface area (Å²) in [6, 6.07) is 15.9. The molecule has 1 aromatic heterocycles. The molecule has 0 saturated carbocycles. The predicted octanol–water partition coefficient (Wildman–Crippen LogP) is 5.89. The number of aryl methyl sites for hydroxylation is 2. The van der Waals surface area contributed by atoms with Gasteiger partial charge in [0, 0.05) is 5.69 Å². The molecule has 2 aromatic carbocycles. The number of nitrogens with zero attached hydrogens (tertiary/aromatic N) is 1. The Hall–Kier alpha value is -2.66. The maximum Gasteiger partial charge on any atom is 0.267 e. The van der Waals surface area contributed by atoms with E-state index in [0.29, 0.717) is 11.5 Å². The summed E-state index contributed by atoms with van der Waals surface area (Å²) in [5.41, 5.74) is 3.99. The molecule has 5 heteroatoms. The molecule has 3 rings (SSSR count). The van der Waals surface area contributed by atoms with Crippen molar-refractivity contribution < 1.29 is 9.53 Å². The third-order valence-corrected chi connectivity index (χ3v) is 5.54. The minimum Gasteiger partial charge on any atom is -0.486 e. The fourth-order valence-corrected chi connectivity index (χ4v) is 3.70. The van der Waals surface area contributed by atoms with E-state index in [9.17, 15) is 4.79 Å². The molecule has 0 aliphatic rings. The fraction of sp³-hybridized carbons (Fsp3) is 0.304. The van der Waals surface area contributed by atoms with Crippen LogP contribution in [0.4, 0.5) is 5.69 Å². The predicted molar refractivity (Wildman–Crippen MR) is 115 cm³/mol. The molecule has 1 N–H and O–H groups in total. The van der Waals surface area contributed by atoms with E-state index in [2.05, 4.69) is 43.2 Å². The summed E-state index contributed by atoms with van der Waals surface area (Å²) in [5, 5.41) is 3.72. The van der Waals surface area contributed by atoms with Crippen LogP contribution in [0.3, 0.4) is 0 Å². The molecule has 0 saturated heterocycles. The number of anilines is 1. The normalized spacial score (nSPS) is 11.3. The van der Waals surface area contributed by atoms with Crippen LogP contribution in [0.15, 0.2) is 48.5 Å². The third-order valence-electron chi connectivity index (χ3n) is 4.41. The minimum absolute atomic E-state index is 0.116. The van der Waals surface area contributed by atoms with Gasteiger partial charge >= 0.3 is 0 Å². The van der Waals surface area contributed by atoms with Gasteiger partial charge in [0.15, 0.2) is 0 Å². The standard InChI is InChI=1S/C23H26N2O2S/c1-15-7-6-8-18(13-15)25-22(26)21-16(2)24-20(28-21)14-27-19-11-9-17(10-12-19)23(3,4)5/h6-13H,14H2,1-5H3,(H,25,26). The summed E-state index contributed by atoms with van der Waals surface area (Å²) in [7, 11) is 0. The van der Waals surface area contributed by atoms with Crippen LogP contribution >= 0.6 is 11.3 Å². The van der Waals surface area contributed by atoms with Gasteiger partial charge in [-0.25, -0.2) is 4.98 Å². The highest BCUT2D eigenvalue weighted by Crippen LogP contribution is 2.26. The maximum atomic E-state index is 12.6.